The zero-order chi connectivity index (χ0) is 14.8. The van der Waals surface area contributed by atoms with Crippen LogP contribution in [0.15, 0.2) is 30.3 Å². The lowest BCUT2D eigenvalue weighted by Gasteiger charge is -2.35. The van der Waals surface area contributed by atoms with Gasteiger partial charge in [0, 0.05) is 36.6 Å². The summed E-state index contributed by atoms with van der Waals surface area (Å²) in [4.78, 5) is 3.43. The van der Waals surface area contributed by atoms with Crippen molar-refractivity contribution in [2.75, 3.05) is 26.2 Å². The smallest absolute Gasteiger partial charge is 0.128 e. The molecule has 1 fully saturated rings. The second-order valence-electron chi connectivity index (χ2n) is 5.36. The monoisotopic (exact) mass is 360 g/mol. The van der Waals surface area contributed by atoms with Crippen molar-refractivity contribution in [3.63, 3.8) is 0 Å². The van der Waals surface area contributed by atoms with Crippen molar-refractivity contribution in [2.24, 2.45) is 0 Å². The Balaban J connectivity index is 0.00000176. The van der Waals surface area contributed by atoms with E-state index in [2.05, 4.69) is 10.2 Å². The van der Waals surface area contributed by atoms with Gasteiger partial charge in [-0.1, -0.05) is 23.7 Å². The number of hydrogen-bond donors (Lipinski definition) is 1. The van der Waals surface area contributed by atoms with Crippen LogP contribution < -0.4 is 5.32 Å². The highest BCUT2D eigenvalue weighted by Gasteiger charge is 2.27. The van der Waals surface area contributed by atoms with Gasteiger partial charge in [-0.05, 0) is 30.7 Å². The molecule has 2 nitrogen and oxygen atoms in total. The fourth-order valence-electron chi connectivity index (χ4n) is 2.80. The van der Waals surface area contributed by atoms with E-state index in [0.717, 1.165) is 46.5 Å². The minimum Gasteiger partial charge on any atom is -0.314 e. The molecule has 1 aliphatic heterocycles. The van der Waals surface area contributed by atoms with Crippen LogP contribution in [0.4, 0.5) is 4.39 Å². The topological polar surface area (TPSA) is 15.3 Å². The summed E-state index contributed by atoms with van der Waals surface area (Å²) in [5.41, 5.74) is 1.68. The molecule has 1 atom stereocenters. The number of aryl methyl sites for hydroxylation is 1. The lowest BCUT2D eigenvalue weighted by Crippen LogP contribution is -2.45. The predicted molar refractivity (Wildman–Crippen MR) is 94.0 cm³/mol. The summed E-state index contributed by atoms with van der Waals surface area (Å²) in [5.74, 6) is -0.136. The molecule has 1 aromatic carbocycles. The van der Waals surface area contributed by atoms with Crippen LogP contribution in [0.3, 0.4) is 0 Å². The highest BCUT2D eigenvalue weighted by Crippen LogP contribution is 2.36. The number of benzene rings is 1. The quantitative estimate of drug-likeness (QED) is 0.879. The van der Waals surface area contributed by atoms with Crippen molar-refractivity contribution in [1.29, 1.82) is 0 Å². The molecule has 1 aromatic heterocycles. The summed E-state index contributed by atoms with van der Waals surface area (Å²) in [5, 5.41) is 3.34. The Labute approximate surface area is 145 Å². The van der Waals surface area contributed by atoms with Crippen molar-refractivity contribution < 1.29 is 4.39 Å². The average Bonchev–Trinajstić information content (AvgIpc) is 2.89. The van der Waals surface area contributed by atoms with Gasteiger partial charge in [-0.25, -0.2) is 4.39 Å². The summed E-state index contributed by atoms with van der Waals surface area (Å²) < 4.78 is 15.2. The van der Waals surface area contributed by atoms with Gasteiger partial charge in [0.25, 0.3) is 0 Å². The van der Waals surface area contributed by atoms with Crippen LogP contribution in [0.1, 0.15) is 22.0 Å². The normalized spacial score (nSPS) is 17.0. The van der Waals surface area contributed by atoms with Crippen molar-refractivity contribution >= 4 is 35.3 Å². The van der Waals surface area contributed by atoms with Gasteiger partial charge in [0.1, 0.15) is 5.82 Å². The Kier molecular flexibility index (Phi) is 6.24. The van der Waals surface area contributed by atoms with E-state index in [9.17, 15) is 4.39 Å². The summed E-state index contributed by atoms with van der Waals surface area (Å²) in [7, 11) is 0. The molecule has 1 aliphatic rings. The summed E-state index contributed by atoms with van der Waals surface area (Å²) in [6.45, 7) is 5.60. The van der Waals surface area contributed by atoms with Crippen LogP contribution in [-0.4, -0.2) is 31.1 Å². The van der Waals surface area contributed by atoms with Gasteiger partial charge in [0.2, 0.25) is 0 Å². The van der Waals surface area contributed by atoms with Crippen LogP contribution in [0.25, 0.3) is 0 Å². The van der Waals surface area contributed by atoms with E-state index in [-0.39, 0.29) is 24.3 Å². The number of hydrogen-bond acceptors (Lipinski definition) is 3. The minimum absolute atomic E-state index is 0. The van der Waals surface area contributed by atoms with Gasteiger partial charge in [0.05, 0.1) is 10.4 Å². The number of rotatable bonds is 3. The van der Waals surface area contributed by atoms with Crippen molar-refractivity contribution in [3.05, 3.63) is 56.5 Å². The molecule has 0 bridgehead atoms. The van der Waals surface area contributed by atoms with E-state index in [4.69, 9.17) is 11.6 Å². The lowest BCUT2D eigenvalue weighted by atomic mass is 10.0. The standard InChI is InChI=1S/C16H18ClFN2S.ClH/c1-11-2-3-12(13(18)10-11)16(14-4-5-15(17)21-14)20-8-6-19-7-9-20;/h2-5,10,16,19H,6-9H2,1H3;1H/t16-;/m0./s1. The third-order valence-electron chi connectivity index (χ3n) is 3.83. The zero-order valence-corrected chi connectivity index (χ0v) is 14.7. The van der Waals surface area contributed by atoms with Gasteiger partial charge in [0.15, 0.2) is 0 Å². The molecule has 0 radical (unpaired) electrons. The average molecular weight is 361 g/mol. The fraction of sp³-hybridized carbons (Fsp3) is 0.375. The molecule has 0 saturated carbocycles. The second kappa shape index (κ2) is 7.75. The first-order chi connectivity index (χ1) is 10.1. The van der Waals surface area contributed by atoms with Gasteiger partial charge in [-0.3, -0.25) is 4.90 Å². The maximum Gasteiger partial charge on any atom is 0.128 e. The lowest BCUT2D eigenvalue weighted by molar-refractivity contribution is 0.197. The van der Waals surface area contributed by atoms with Crippen LogP contribution in [0.2, 0.25) is 4.34 Å². The molecular weight excluding hydrogens is 342 g/mol. The number of thiophene rings is 1. The molecule has 0 aliphatic carbocycles. The van der Waals surface area contributed by atoms with Gasteiger partial charge in [-0.2, -0.15) is 0 Å². The Bertz CT molecular complexity index is 626. The molecular formula is C16H19Cl2FN2S. The van der Waals surface area contributed by atoms with Crippen molar-refractivity contribution in [1.82, 2.24) is 10.2 Å². The van der Waals surface area contributed by atoms with Crippen LogP contribution in [0.5, 0.6) is 0 Å². The predicted octanol–water partition coefficient (Wildman–Crippen LogP) is 4.27. The summed E-state index contributed by atoms with van der Waals surface area (Å²) >= 11 is 7.62. The SMILES string of the molecule is Cc1ccc([C@@H](c2ccc(Cl)s2)N2CCNCC2)c(F)c1.Cl. The van der Waals surface area contributed by atoms with Gasteiger partial charge in [-0.15, -0.1) is 23.7 Å². The Morgan fingerprint density at radius 1 is 1.23 bits per heavy atom. The highest BCUT2D eigenvalue weighted by molar-refractivity contribution is 7.16. The Morgan fingerprint density at radius 2 is 1.95 bits per heavy atom. The Morgan fingerprint density at radius 3 is 2.55 bits per heavy atom. The first-order valence-corrected chi connectivity index (χ1v) is 8.30. The molecule has 0 amide bonds. The summed E-state index contributed by atoms with van der Waals surface area (Å²) in [6, 6.07) is 9.35. The number of nitrogens with zero attached hydrogens (tertiary/aromatic N) is 1. The molecule has 120 valence electrons. The number of piperazine rings is 1. The number of halogens is 3. The molecule has 0 unspecified atom stereocenters. The van der Waals surface area contributed by atoms with Crippen molar-refractivity contribution in [2.45, 2.75) is 13.0 Å². The van der Waals surface area contributed by atoms with E-state index in [1.165, 1.54) is 11.3 Å². The van der Waals surface area contributed by atoms with Gasteiger partial charge >= 0.3 is 0 Å². The third kappa shape index (κ3) is 3.81. The minimum atomic E-state index is -0.136. The van der Waals surface area contributed by atoms with E-state index in [0.29, 0.717) is 0 Å². The first-order valence-electron chi connectivity index (χ1n) is 7.11. The van der Waals surface area contributed by atoms with E-state index < -0.39 is 0 Å². The van der Waals surface area contributed by atoms with Gasteiger partial charge < -0.3 is 5.32 Å². The van der Waals surface area contributed by atoms with E-state index in [1.54, 1.807) is 6.07 Å². The molecule has 6 heteroatoms. The molecule has 2 aromatic rings. The zero-order valence-electron chi connectivity index (χ0n) is 12.3. The van der Waals surface area contributed by atoms with Crippen LogP contribution in [0, 0.1) is 12.7 Å². The first kappa shape index (κ1) is 17.7. The molecule has 1 N–H and O–H groups in total. The summed E-state index contributed by atoms with van der Waals surface area (Å²) in [6.07, 6.45) is 0. The van der Waals surface area contributed by atoms with E-state index in [1.807, 2.05) is 31.2 Å². The molecule has 0 spiro atoms. The molecule has 22 heavy (non-hydrogen) atoms. The van der Waals surface area contributed by atoms with Crippen LogP contribution >= 0.6 is 35.3 Å². The number of nitrogens with one attached hydrogen (secondary N) is 1. The second-order valence-corrected chi connectivity index (χ2v) is 7.10. The molecule has 1 saturated heterocycles. The third-order valence-corrected chi connectivity index (χ3v) is 5.11. The fourth-order valence-corrected chi connectivity index (χ4v) is 4.01. The largest absolute Gasteiger partial charge is 0.314 e. The maximum absolute atomic E-state index is 14.5. The van der Waals surface area contributed by atoms with E-state index >= 15 is 0 Å². The maximum atomic E-state index is 14.5. The Hall–Kier alpha value is -0.650. The molecule has 3 rings (SSSR count). The van der Waals surface area contributed by atoms with Crippen molar-refractivity contribution in [3.8, 4) is 0 Å². The molecule has 2 heterocycles. The highest BCUT2D eigenvalue weighted by atomic mass is 35.5. The van der Waals surface area contributed by atoms with Crippen LogP contribution in [-0.2, 0) is 0 Å².